The van der Waals surface area contributed by atoms with Crippen LogP contribution >= 0.6 is 12.8 Å². The Kier molecular flexibility index (Phi) is 3.11. The van der Waals surface area contributed by atoms with Crippen molar-refractivity contribution in [2.75, 3.05) is 0 Å². The fourth-order valence-electron chi connectivity index (χ4n) is 1.95. The van der Waals surface area contributed by atoms with Crippen molar-refractivity contribution in [3.05, 3.63) is 34.4 Å². The van der Waals surface area contributed by atoms with Gasteiger partial charge in [-0.25, -0.2) is 4.79 Å². The van der Waals surface area contributed by atoms with Crippen molar-refractivity contribution in [3.8, 4) is 0 Å². The molecule has 0 aromatic heterocycles. The summed E-state index contributed by atoms with van der Waals surface area (Å²) in [6, 6.07) is 3.25. The molecule has 1 aliphatic carbocycles. The van der Waals surface area contributed by atoms with E-state index in [0.717, 1.165) is 18.4 Å². The molecule has 1 amide bonds. The predicted octanol–water partition coefficient (Wildman–Crippen LogP) is 2.15. The molecule has 0 saturated heterocycles. The number of hydrogen-bond acceptors (Lipinski definition) is 3. The second-order valence-electron chi connectivity index (χ2n) is 4.27. The minimum absolute atomic E-state index is 0.168. The van der Waals surface area contributed by atoms with Gasteiger partial charge in [-0.05, 0) is 42.9 Å². The van der Waals surface area contributed by atoms with Crippen molar-refractivity contribution in [2.45, 2.75) is 25.7 Å². The van der Waals surface area contributed by atoms with Crippen LogP contribution in [-0.4, -0.2) is 17.0 Å². The van der Waals surface area contributed by atoms with E-state index in [0.29, 0.717) is 17.0 Å². The molecule has 1 fully saturated rings. The maximum absolute atomic E-state index is 11.7. The van der Waals surface area contributed by atoms with E-state index in [4.69, 9.17) is 5.11 Å². The van der Waals surface area contributed by atoms with E-state index in [1.54, 1.807) is 13.0 Å². The van der Waals surface area contributed by atoms with Crippen LogP contribution in [0.2, 0.25) is 0 Å². The molecule has 0 unspecified atom stereocenters. The smallest absolute Gasteiger partial charge is 0.335 e. The van der Waals surface area contributed by atoms with Gasteiger partial charge in [0.2, 0.25) is 0 Å². The molecule has 0 spiro atoms. The number of aryl methyl sites for hydroxylation is 1. The number of carbonyl (C=O) groups is 2. The lowest BCUT2D eigenvalue weighted by molar-refractivity contribution is 0.0696. The Morgan fingerprint density at radius 3 is 2.47 bits per heavy atom. The maximum atomic E-state index is 11.7. The average Bonchev–Trinajstić information content (AvgIpc) is 3.11. The Bertz CT molecular complexity index is 495. The number of thiol groups is 1. The first-order chi connectivity index (χ1) is 8.04. The Balaban J connectivity index is 2.55. The molecule has 4 nitrogen and oxygen atoms in total. The van der Waals surface area contributed by atoms with Gasteiger partial charge in [-0.2, -0.15) is 0 Å². The van der Waals surface area contributed by atoms with Crippen LogP contribution in [-0.2, 0) is 0 Å². The molecule has 0 aliphatic heterocycles. The zero-order chi connectivity index (χ0) is 12.6. The van der Waals surface area contributed by atoms with E-state index in [9.17, 15) is 9.59 Å². The van der Waals surface area contributed by atoms with Gasteiger partial charge in [-0.1, -0.05) is 18.9 Å². The zero-order valence-corrected chi connectivity index (χ0v) is 10.3. The quantitative estimate of drug-likeness (QED) is 0.721. The van der Waals surface area contributed by atoms with Crippen LogP contribution in [0.1, 0.15) is 50.6 Å². The molecule has 2 rings (SSSR count). The number of carboxylic acids is 1. The summed E-state index contributed by atoms with van der Waals surface area (Å²) in [5, 5.41) is 9.04. The molecule has 1 aromatic carbocycles. The Labute approximate surface area is 105 Å². The van der Waals surface area contributed by atoms with Crippen LogP contribution < -0.4 is 4.72 Å². The lowest BCUT2D eigenvalue weighted by atomic mass is 9.96. The number of benzene rings is 1. The van der Waals surface area contributed by atoms with Crippen molar-refractivity contribution in [1.82, 2.24) is 4.72 Å². The standard InChI is InChI=1S/C12H13NO3S/c1-6-4-9(7-2-3-7)10(11(14)13-17)5-8(6)12(15)16/h4-5,7,17H,2-3H2,1H3,(H,13,14)(H,15,16). The van der Waals surface area contributed by atoms with Crippen molar-refractivity contribution >= 4 is 24.7 Å². The van der Waals surface area contributed by atoms with Crippen LogP contribution in [0.3, 0.4) is 0 Å². The molecule has 0 radical (unpaired) electrons. The zero-order valence-electron chi connectivity index (χ0n) is 9.36. The van der Waals surface area contributed by atoms with Gasteiger partial charge >= 0.3 is 5.97 Å². The number of aromatic carboxylic acids is 1. The van der Waals surface area contributed by atoms with Crippen LogP contribution in [0.25, 0.3) is 0 Å². The number of carboxylic acid groups (broad SMARTS) is 1. The lowest BCUT2D eigenvalue weighted by Gasteiger charge is -2.10. The number of hydrogen-bond donors (Lipinski definition) is 3. The molecule has 1 aromatic rings. The summed E-state index contributed by atoms with van der Waals surface area (Å²) in [5.74, 6) is -0.979. The first kappa shape index (κ1) is 12.0. The highest BCUT2D eigenvalue weighted by atomic mass is 32.1. The molecule has 0 bridgehead atoms. The topological polar surface area (TPSA) is 66.4 Å². The summed E-state index contributed by atoms with van der Waals surface area (Å²) in [6.07, 6.45) is 2.11. The van der Waals surface area contributed by atoms with Gasteiger partial charge < -0.3 is 5.11 Å². The van der Waals surface area contributed by atoms with Gasteiger partial charge in [-0.3, -0.25) is 9.52 Å². The summed E-state index contributed by atoms with van der Waals surface area (Å²) in [6.45, 7) is 1.75. The fourth-order valence-corrected chi connectivity index (χ4v) is 2.07. The molecule has 2 N–H and O–H groups in total. The first-order valence-corrected chi connectivity index (χ1v) is 5.81. The molecular formula is C12H13NO3S. The van der Waals surface area contributed by atoms with Crippen LogP contribution in [0.5, 0.6) is 0 Å². The minimum atomic E-state index is -1.02. The van der Waals surface area contributed by atoms with Gasteiger partial charge in [-0.15, -0.1) is 0 Å². The van der Waals surface area contributed by atoms with Crippen LogP contribution in [0, 0.1) is 6.92 Å². The van der Waals surface area contributed by atoms with E-state index < -0.39 is 5.97 Å². The van der Waals surface area contributed by atoms with E-state index in [1.807, 2.05) is 0 Å². The Hall–Kier alpha value is -1.49. The SMILES string of the molecule is Cc1cc(C2CC2)c(C(=O)NS)cc1C(=O)O. The summed E-state index contributed by atoms with van der Waals surface area (Å²) in [7, 11) is 0. The van der Waals surface area contributed by atoms with Crippen molar-refractivity contribution in [1.29, 1.82) is 0 Å². The summed E-state index contributed by atoms with van der Waals surface area (Å²) < 4.78 is 2.25. The highest BCUT2D eigenvalue weighted by Gasteiger charge is 2.29. The molecule has 90 valence electrons. The summed E-state index contributed by atoms with van der Waals surface area (Å²) >= 11 is 3.73. The molecule has 5 heteroatoms. The number of rotatable bonds is 3. The molecular weight excluding hydrogens is 238 g/mol. The molecule has 1 saturated carbocycles. The van der Waals surface area contributed by atoms with Gasteiger partial charge in [0.25, 0.3) is 5.91 Å². The second kappa shape index (κ2) is 4.41. The molecule has 1 aliphatic rings. The number of carbonyl (C=O) groups excluding carboxylic acids is 1. The van der Waals surface area contributed by atoms with Crippen molar-refractivity contribution in [3.63, 3.8) is 0 Å². The third-order valence-electron chi connectivity index (χ3n) is 2.99. The second-order valence-corrected chi connectivity index (χ2v) is 4.50. The number of amides is 1. The number of nitrogens with one attached hydrogen (secondary N) is 1. The summed E-state index contributed by atoms with van der Waals surface area (Å²) in [5.41, 5.74) is 2.21. The van der Waals surface area contributed by atoms with Crippen LogP contribution in [0.15, 0.2) is 12.1 Å². The lowest BCUT2D eigenvalue weighted by Crippen LogP contribution is -2.16. The fraction of sp³-hybridized carbons (Fsp3) is 0.333. The van der Waals surface area contributed by atoms with Gasteiger partial charge in [0.1, 0.15) is 0 Å². The van der Waals surface area contributed by atoms with Gasteiger partial charge in [0, 0.05) is 5.56 Å². The Morgan fingerprint density at radius 2 is 2.00 bits per heavy atom. The molecule has 0 heterocycles. The van der Waals surface area contributed by atoms with E-state index >= 15 is 0 Å². The van der Waals surface area contributed by atoms with Gasteiger partial charge in [0.05, 0.1) is 5.56 Å². The van der Waals surface area contributed by atoms with E-state index in [-0.39, 0.29) is 11.5 Å². The molecule has 17 heavy (non-hydrogen) atoms. The van der Waals surface area contributed by atoms with Crippen LogP contribution in [0.4, 0.5) is 0 Å². The first-order valence-electron chi connectivity index (χ1n) is 5.37. The third kappa shape index (κ3) is 2.29. The largest absolute Gasteiger partial charge is 0.478 e. The highest BCUT2D eigenvalue weighted by molar-refractivity contribution is 7.78. The van der Waals surface area contributed by atoms with Crippen molar-refractivity contribution < 1.29 is 14.7 Å². The maximum Gasteiger partial charge on any atom is 0.335 e. The highest BCUT2D eigenvalue weighted by Crippen LogP contribution is 2.42. The Morgan fingerprint density at radius 1 is 1.35 bits per heavy atom. The van der Waals surface area contributed by atoms with Crippen molar-refractivity contribution in [2.24, 2.45) is 0 Å². The van der Waals surface area contributed by atoms with Gasteiger partial charge in [0.15, 0.2) is 0 Å². The minimum Gasteiger partial charge on any atom is -0.478 e. The van der Waals surface area contributed by atoms with E-state index in [1.165, 1.54) is 6.07 Å². The average molecular weight is 251 g/mol. The molecule has 0 atom stereocenters. The van der Waals surface area contributed by atoms with E-state index in [2.05, 4.69) is 17.5 Å². The monoisotopic (exact) mass is 251 g/mol. The predicted molar refractivity (Wildman–Crippen MR) is 66.6 cm³/mol. The third-order valence-corrected chi connectivity index (χ3v) is 3.19. The normalized spacial score (nSPS) is 14.5. The summed E-state index contributed by atoms with van der Waals surface area (Å²) in [4.78, 5) is 22.7.